The van der Waals surface area contributed by atoms with Crippen LogP contribution in [0.1, 0.15) is 26.3 Å². The van der Waals surface area contributed by atoms with Crippen molar-refractivity contribution in [2.75, 3.05) is 6.54 Å². The molecule has 0 aliphatic rings. The molecular formula is C23H17F2N3O4. The summed E-state index contributed by atoms with van der Waals surface area (Å²) in [5.41, 5.74) is 2.90. The molecule has 0 bridgehead atoms. The van der Waals surface area contributed by atoms with Gasteiger partial charge < -0.3 is 10.1 Å². The molecule has 0 aromatic heterocycles. The molecule has 7 nitrogen and oxygen atoms in total. The van der Waals surface area contributed by atoms with E-state index in [-0.39, 0.29) is 23.4 Å². The van der Waals surface area contributed by atoms with E-state index in [1.807, 2.05) is 0 Å². The van der Waals surface area contributed by atoms with E-state index in [0.717, 1.165) is 12.1 Å². The summed E-state index contributed by atoms with van der Waals surface area (Å²) in [6.07, 6.45) is 1.31. The molecular weight excluding hydrogens is 420 g/mol. The Kier molecular flexibility index (Phi) is 7.37. The highest BCUT2D eigenvalue weighted by molar-refractivity contribution is 5.96. The molecule has 0 atom stereocenters. The second-order valence-electron chi connectivity index (χ2n) is 6.46. The van der Waals surface area contributed by atoms with Crippen LogP contribution in [0.15, 0.2) is 77.9 Å². The minimum absolute atomic E-state index is 0.0663. The van der Waals surface area contributed by atoms with Crippen LogP contribution in [0.2, 0.25) is 0 Å². The van der Waals surface area contributed by atoms with Crippen molar-refractivity contribution in [3.8, 4) is 5.75 Å². The maximum absolute atomic E-state index is 13.2. The SMILES string of the molecule is O=C(CNC(=O)c1cccc(F)c1)NN=Cc1cccc(OC(=O)c2cccc(F)c2)c1. The van der Waals surface area contributed by atoms with Crippen LogP contribution in [0, 0.1) is 11.6 Å². The summed E-state index contributed by atoms with van der Waals surface area (Å²) in [4.78, 5) is 35.8. The van der Waals surface area contributed by atoms with Gasteiger partial charge >= 0.3 is 5.97 Å². The fourth-order valence-electron chi connectivity index (χ4n) is 2.55. The summed E-state index contributed by atoms with van der Waals surface area (Å²) in [5.74, 6) is -2.83. The van der Waals surface area contributed by atoms with Gasteiger partial charge in [-0.2, -0.15) is 5.10 Å². The first kappa shape index (κ1) is 22.3. The number of halogens is 2. The number of hydrazone groups is 1. The molecule has 0 spiro atoms. The summed E-state index contributed by atoms with van der Waals surface area (Å²) < 4.78 is 31.6. The molecule has 2 amide bonds. The summed E-state index contributed by atoms with van der Waals surface area (Å²) in [5, 5.41) is 6.12. The number of nitrogens with zero attached hydrogens (tertiary/aromatic N) is 1. The predicted octanol–water partition coefficient (Wildman–Crippen LogP) is 3.06. The van der Waals surface area contributed by atoms with Crippen molar-refractivity contribution in [1.29, 1.82) is 0 Å². The van der Waals surface area contributed by atoms with E-state index >= 15 is 0 Å². The Morgan fingerprint density at radius 2 is 1.53 bits per heavy atom. The quantitative estimate of drug-likeness (QED) is 0.257. The topological polar surface area (TPSA) is 96.9 Å². The fourth-order valence-corrected chi connectivity index (χ4v) is 2.55. The summed E-state index contributed by atoms with van der Waals surface area (Å²) in [7, 11) is 0. The Morgan fingerprint density at radius 1 is 0.875 bits per heavy atom. The van der Waals surface area contributed by atoms with Crippen LogP contribution in [0.4, 0.5) is 8.78 Å². The zero-order chi connectivity index (χ0) is 22.9. The Bertz CT molecular complexity index is 1180. The maximum Gasteiger partial charge on any atom is 0.343 e. The van der Waals surface area contributed by atoms with Gasteiger partial charge in [-0.15, -0.1) is 0 Å². The Hall–Kier alpha value is -4.40. The lowest BCUT2D eigenvalue weighted by atomic mass is 10.2. The van der Waals surface area contributed by atoms with E-state index < -0.39 is 29.4 Å². The number of esters is 1. The van der Waals surface area contributed by atoms with Gasteiger partial charge in [-0.3, -0.25) is 9.59 Å². The summed E-state index contributed by atoms with van der Waals surface area (Å²) in [6.45, 7) is -0.363. The number of rotatable bonds is 7. The minimum atomic E-state index is -0.721. The highest BCUT2D eigenvalue weighted by atomic mass is 19.1. The van der Waals surface area contributed by atoms with E-state index in [4.69, 9.17) is 4.74 Å². The average molecular weight is 437 g/mol. The van der Waals surface area contributed by atoms with E-state index in [1.54, 1.807) is 12.1 Å². The largest absolute Gasteiger partial charge is 0.423 e. The number of benzene rings is 3. The number of hydrogen-bond donors (Lipinski definition) is 2. The second-order valence-corrected chi connectivity index (χ2v) is 6.46. The number of nitrogens with one attached hydrogen (secondary N) is 2. The van der Waals surface area contributed by atoms with Gasteiger partial charge in [-0.25, -0.2) is 19.0 Å². The van der Waals surface area contributed by atoms with Gasteiger partial charge in [0.05, 0.1) is 18.3 Å². The molecule has 0 saturated heterocycles. The average Bonchev–Trinajstić information content (AvgIpc) is 2.77. The van der Waals surface area contributed by atoms with Crippen LogP contribution in [-0.4, -0.2) is 30.5 Å². The molecule has 32 heavy (non-hydrogen) atoms. The van der Waals surface area contributed by atoms with Crippen molar-refractivity contribution in [3.63, 3.8) is 0 Å². The second kappa shape index (κ2) is 10.6. The molecule has 0 fully saturated rings. The first-order valence-corrected chi connectivity index (χ1v) is 9.34. The first-order chi connectivity index (χ1) is 15.4. The van der Waals surface area contributed by atoms with Gasteiger partial charge in [0.25, 0.3) is 11.8 Å². The standard InChI is InChI=1S/C23H17F2N3O4/c24-18-7-2-5-16(11-18)22(30)26-14-21(29)28-27-13-15-4-1-9-20(10-15)32-23(31)17-6-3-8-19(25)12-17/h1-13H,14H2,(H,26,30)(H,28,29). The highest BCUT2D eigenvalue weighted by Crippen LogP contribution is 2.15. The molecule has 0 heterocycles. The van der Waals surface area contributed by atoms with Crippen LogP contribution in [0.5, 0.6) is 5.75 Å². The van der Waals surface area contributed by atoms with Gasteiger partial charge in [0, 0.05) is 5.56 Å². The molecule has 9 heteroatoms. The number of carbonyl (C=O) groups excluding carboxylic acids is 3. The summed E-state index contributed by atoms with van der Waals surface area (Å²) >= 11 is 0. The lowest BCUT2D eigenvalue weighted by molar-refractivity contribution is -0.120. The first-order valence-electron chi connectivity index (χ1n) is 9.34. The monoisotopic (exact) mass is 437 g/mol. The molecule has 162 valence electrons. The third-order valence-corrected chi connectivity index (χ3v) is 4.03. The number of amides is 2. The predicted molar refractivity (Wildman–Crippen MR) is 112 cm³/mol. The zero-order valence-corrected chi connectivity index (χ0v) is 16.5. The van der Waals surface area contributed by atoms with Gasteiger partial charge in [-0.1, -0.05) is 24.3 Å². The lowest BCUT2D eigenvalue weighted by Crippen LogP contribution is -2.34. The van der Waals surface area contributed by atoms with Crippen LogP contribution in [0.25, 0.3) is 0 Å². The van der Waals surface area contributed by atoms with Crippen LogP contribution in [0.3, 0.4) is 0 Å². The van der Waals surface area contributed by atoms with Crippen LogP contribution >= 0.6 is 0 Å². The Balaban J connectivity index is 1.50. The maximum atomic E-state index is 13.2. The van der Waals surface area contributed by atoms with Crippen LogP contribution in [-0.2, 0) is 4.79 Å². The van der Waals surface area contributed by atoms with Crippen molar-refractivity contribution in [2.24, 2.45) is 5.10 Å². The van der Waals surface area contributed by atoms with Gasteiger partial charge in [0.1, 0.15) is 17.4 Å². The third kappa shape index (κ3) is 6.56. The molecule has 2 N–H and O–H groups in total. The van der Waals surface area contributed by atoms with Crippen molar-refractivity contribution in [3.05, 3.63) is 101 Å². The highest BCUT2D eigenvalue weighted by Gasteiger charge is 2.10. The summed E-state index contributed by atoms with van der Waals surface area (Å²) in [6, 6.07) is 16.5. The lowest BCUT2D eigenvalue weighted by Gasteiger charge is -2.05. The number of carbonyl (C=O) groups is 3. The Labute approximate surface area is 181 Å². The molecule has 0 unspecified atom stereocenters. The van der Waals surface area contributed by atoms with E-state index in [1.165, 1.54) is 54.7 Å². The van der Waals surface area contributed by atoms with E-state index in [9.17, 15) is 23.2 Å². The van der Waals surface area contributed by atoms with Gasteiger partial charge in [-0.05, 0) is 54.1 Å². The zero-order valence-electron chi connectivity index (χ0n) is 16.5. The Morgan fingerprint density at radius 3 is 2.25 bits per heavy atom. The molecule has 0 saturated carbocycles. The van der Waals surface area contributed by atoms with Gasteiger partial charge in [0.2, 0.25) is 0 Å². The van der Waals surface area contributed by atoms with Crippen molar-refractivity contribution >= 4 is 24.0 Å². The van der Waals surface area contributed by atoms with Crippen molar-refractivity contribution < 1.29 is 27.9 Å². The normalized spacial score (nSPS) is 10.6. The molecule has 0 aliphatic carbocycles. The van der Waals surface area contributed by atoms with E-state index in [0.29, 0.717) is 5.56 Å². The van der Waals surface area contributed by atoms with E-state index in [2.05, 4.69) is 15.8 Å². The molecule has 3 aromatic rings. The smallest absolute Gasteiger partial charge is 0.343 e. The minimum Gasteiger partial charge on any atom is -0.423 e. The number of ether oxygens (including phenoxy) is 1. The molecule has 3 rings (SSSR count). The molecule has 3 aromatic carbocycles. The van der Waals surface area contributed by atoms with Crippen molar-refractivity contribution in [1.82, 2.24) is 10.7 Å². The third-order valence-electron chi connectivity index (χ3n) is 4.03. The van der Waals surface area contributed by atoms with Gasteiger partial charge in [0.15, 0.2) is 0 Å². The molecule has 0 aliphatic heterocycles. The van der Waals surface area contributed by atoms with Crippen LogP contribution < -0.4 is 15.5 Å². The molecule has 0 radical (unpaired) electrons. The van der Waals surface area contributed by atoms with Crippen molar-refractivity contribution in [2.45, 2.75) is 0 Å². The fraction of sp³-hybridized carbons (Fsp3) is 0.0435. The number of hydrogen-bond acceptors (Lipinski definition) is 5.